The van der Waals surface area contributed by atoms with Gasteiger partial charge in [0.25, 0.3) is 0 Å². The Kier molecular flexibility index (Phi) is 4.72. The maximum absolute atomic E-state index is 13.4. The van der Waals surface area contributed by atoms with E-state index < -0.39 is 17.7 Å². The SMILES string of the molecule is COc1cc2c(c(OC)c1OC)[C@@H](c1ccc(F)cc1Cl)CC(=O)O2. The van der Waals surface area contributed by atoms with Crippen LogP contribution in [0.3, 0.4) is 0 Å². The minimum Gasteiger partial charge on any atom is -0.493 e. The normalized spacial score (nSPS) is 16.0. The molecule has 0 spiro atoms. The van der Waals surface area contributed by atoms with Gasteiger partial charge in [0.1, 0.15) is 11.6 Å². The molecule has 0 saturated carbocycles. The van der Waals surface area contributed by atoms with Gasteiger partial charge in [0, 0.05) is 22.6 Å². The minimum absolute atomic E-state index is 0.0458. The summed E-state index contributed by atoms with van der Waals surface area (Å²) in [6.45, 7) is 0. The lowest BCUT2D eigenvalue weighted by Crippen LogP contribution is -2.22. The van der Waals surface area contributed by atoms with Crippen LogP contribution in [0.4, 0.5) is 4.39 Å². The van der Waals surface area contributed by atoms with Gasteiger partial charge >= 0.3 is 5.97 Å². The molecule has 0 N–H and O–H groups in total. The van der Waals surface area contributed by atoms with Crippen LogP contribution in [0.5, 0.6) is 23.0 Å². The minimum atomic E-state index is -0.459. The summed E-state index contributed by atoms with van der Waals surface area (Å²) in [5.74, 6) is 0.102. The van der Waals surface area contributed by atoms with Crippen molar-refractivity contribution in [3.63, 3.8) is 0 Å². The second kappa shape index (κ2) is 6.80. The van der Waals surface area contributed by atoms with E-state index in [0.29, 0.717) is 34.1 Å². The molecule has 0 amide bonds. The molecule has 0 fully saturated rings. The summed E-state index contributed by atoms with van der Waals surface area (Å²) >= 11 is 6.22. The van der Waals surface area contributed by atoms with Gasteiger partial charge < -0.3 is 18.9 Å². The highest BCUT2D eigenvalue weighted by Crippen LogP contribution is 2.52. The number of fused-ring (bicyclic) bond motifs is 1. The van der Waals surface area contributed by atoms with Gasteiger partial charge in [0.05, 0.1) is 27.8 Å². The third kappa shape index (κ3) is 2.98. The van der Waals surface area contributed by atoms with Crippen molar-refractivity contribution in [3.8, 4) is 23.0 Å². The van der Waals surface area contributed by atoms with Crippen LogP contribution in [-0.4, -0.2) is 27.3 Å². The van der Waals surface area contributed by atoms with Crippen LogP contribution < -0.4 is 18.9 Å². The zero-order valence-corrected chi connectivity index (χ0v) is 14.6. The summed E-state index contributed by atoms with van der Waals surface area (Å²) in [6.07, 6.45) is 0.0458. The molecule has 1 heterocycles. The van der Waals surface area contributed by atoms with Gasteiger partial charge in [-0.1, -0.05) is 17.7 Å². The van der Waals surface area contributed by atoms with Crippen LogP contribution in [0.1, 0.15) is 23.5 Å². The summed E-state index contributed by atoms with van der Waals surface area (Å²) in [7, 11) is 4.45. The topological polar surface area (TPSA) is 54.0 Å². The van der Waals surface area contributed by atoms with E-state index in [4.69, 9.17) is 30.5 Å². The molecule has 2 aromatic carbocycles. The number of ether oxygens (including phenoxy) is 4. The van der Waals surface area contributed by atoms with Crippen molar-refractivity contribution in [3.05, 3.63) is 46.2 Å². The predicted molar refractivity (Wildman–Crippen MR) is 89.6 cm³/mol. The first-order chi connectivity index (χ1) is 12.0. The first kappa shape index (κ1) is 17.4. The summed E-state index contributed by atoms with van der Waals surface area (Å²) in [5.41, 5.74) is 1.21. The van der Waals surface area contributed by atoms with E-state index in [-0.39, 0.29) is 11.4 Å². The molecular formula is C18H16ClFO5. The average molecular weight is 367 g/mol. The highest BCUT2D eigenvalue weighted by molar-refractivity contribution is 6.31. The summed E-state index contributed by atoms with van der Waals surface area (Å²) < 4.78 is 35.0. The molecule has 0 aromatic heterocycles. The van der Waals surface area contributed by atoms with Crippen molar-refractivity contribution >= 4 is 17.6 Å². The van der Waals surface area contributed by atoms with E-state index in [1.165, 1.54) is 33.5 Å². The van der Waals surface area contributed by atoms with Gasteiger partial charge in [-0.25, -0.2) is 4.39 Å². The summed E-state index contributed by atoms with van der Waals surface area (Å²) in [4.78, 5) is 12.1. The van der Waals surface area contributed by atoms with Crippen molar-refractivity contribution in [2.75, 3.05) is 21.3 Å². The molecule has 132 valence electrons. The van der Waals surface area contributed by atoms with Crippen molar-refractivity contribution in [1.82, 2.24) is 0 Å². The van der Waals surface area contributed by atoms with Gasteiger partial charge in [0.2, 0.25) is 5.75 Å². The molecular weight excluding hydrogens is 351 g/mol. The number of methoxy groups -OCH3 is 3. The zero-order valence-electron chi connectivity index (χ0n) is 13.9. The molecule has 5 nitrogen and oxygen atoms in total. The smallest absolute Gasteiger partial charge is 0.312 e. The summed E-state index contributed by atoms with van der Waals surface area (Å²) in [6, 6.07) is 5.64. The quantitative estimate of drug-likeness (QED) is 0.606. The number of esters is 1. The molecule has 0 unspecified atom stereocenters. The lowest BCUT2D eigenvalue weighted by atomic mass is 9.85. The molecule has 3 rings (SSSR count). The third-order valence-electron chi connectivity index (χ3n) is 4.11. The fraction of sp³-hybridized carbons (Fsp3) is 0.278. The second-order valence-corrected chi connectivity index (χ2v) is 5.86. The predicted octanol–water partition coefficient (Wildman–Crippen LogP) is 3.95. The van der Waals surface area contributed by atoms with Crippen molar-refractivity contribution in [1.29, 1.82) is 0 Å². The number of rotatable bonds is 4. The highest BCUT2D eigenvalue weighted by Gasteiger charge is 2.36. The molecule has 0 bridgehead atoms. The van der Waals surface area contributed by atoms with Crippen LogP contribution >= 0.6 is 11.6 Å². The highest BCUT2D eigenvalue weighted by atomic mass is 35.5. The third-order valence-corrected chi connectivity index (χ3v) is 4.44. The number of hydrogen-bond donors (Lipinski definition) is 0. The van der Waals surface area contributed by atoms with Crippen LogP contribution in [0.25, 0.3) is 0 Å². The number of carbonyl (C=O) groups excluding carboxylic acids is 1. The molecule has 25 heavy (non-hydrogen) atoms. The molecule has 1 atom stereocenters. The number of hydrogen-bond acceptors (Lipinski definition) is 5. The van der Waals surface area contributed by atoms with E-state index in [1.54, 1.807) is 12.1 Å². The molecule has 1 aliphatic rings. The van der Waals surface area contributed by atoms with Gasteiger partial charge in [0.15, 0.2) is 11.5 Å². The molecule has 0 aliphatic carbocycles. The van der Waals surface area contributed by atoms with Crippen molar-refractivity contribution in [2.24, 2.45) is 0 Å². The average Bonchev–Trinajstić information content (AvgIpc) is 2.59. The number of carbonyl (C=O) groups is 1. The molecule has 0 radical (unpaired) electrons. The van der Waals surface area contributed by atoms with Crippen molar-refractivity contribution in [2.45, 2.75) is 12.3 Å². The molecule has 1 aliphatic heterocycles. The Morgan fingerprint density at radius 3 is 2.44 bits per heavy atom. The first-order valence-corrected chi connectivity index (χ1v) is 7.86. The maximum atomic E-state index is 13.4. The lowest BCUT2D eigenvalue weighted by Gasteiger charge is -2.28. The zero-order chi connectivity index (χ0) is 18.1. The van der Waals surface area contributed by atoms with Gasteiger partial charge in [-0.05, 0) is 17.7 Å². The van der Waals surface area contributed by atoms with Gasteiger partial charge in [-0.3, -0.25) is 4.79 Å². The largest absolute Gasteiger partial charge is 0.493 e. The van der Waals surface area contributed by atoms with Crippen LogP contribution in [0.15, 0.2) is 24.3 Å². The Morgan fingerprint density at radius 1 is 1.12 bits per heavy atom. The number of halogens is 2. The van der Waals surface area contributed by atoms with Crippen molar-refractivity contribution < 1.29 is 28.1 Å². The Balaban J connectivity index is 2.27. The molecule has 0 saturated heterocycles. The number of benzene rings is 2. The van der Waals surface area contributed by atoms with E-state index >= 15 is 0 Å². The van der Waals surface area contributed by atoms with Crippen LogP contribution in [-0.2, 0) is 4.79 Å². The van der Waals surface area contributed by atoms with E-state index in [9.17, 15) is 9.18 Å². The maximum Gasteiger partial charge on any atom is 0.312 e. The Labute approximate surface area is 149 Å². The lowest BCUT2D eigenvalue weighted by molar-refractivity contribution is -0.135. The summed E-state index contributed by atoms with van der Waals surface area (Å²) in [5, 5.41) is 0.225. The first-order valence-electron chi connectivity index (χ1n) is 7.48. The van der Waals surface area contributed by atoms with Gasteiger partial charge in [-0.2, -0.15) is 0 Å². The fourth-order valence-electron chi connectivity index (χ4n) is 3.05. The second-order valence-electron chi connectivity index (χ2n) is 5.45. The van der Waals surface area contributed by atoms with Gasteiger partial charge in [-0.15, -0.1) is 0 Å². The van der Waals surface area contributed by atoms with Crippen LogP contribution in [0, 0.1) is 5.82 Å². The fourth-order valence-corrected chi connectivity index (χ4v) is 3.35. The van der Waals surface area contributed by atoms with E-state index in [2.05, 4.69) is 0 Å². The van der Waals surface area contributed by atoms with Crippen LogP contribution in [0.2, 0.25) is 5.02 Å². The monoisotopic (exact) mass is 366 g/mol. The Bertz CT molecular complexity index is 837. The molecule has 2 aromatic rings. The van der Waals surface area contributed by atoms with E-state index in [1.807, 2.05) is 0 Å². The molecule has 7 heteroatoms. The van der Waals surface area contributed by atoms with E-state index in [0.717, 1.165) is 0 Å². The standard InChI is InChI=1S/C18H16ClFO5/c1-22-14-8-13-16(18(24-3)17(14)23-2)11(7-15(21)25-13)10-5-4-9(20)6-12(10)19/h4-6,8,11H,7H2,1-3H3/t11-/m1/s1. The Hall–Kier alpha value is -2.47. The Morgan fingerprint density at radius 2 is 1.84 bits per heavy atom.